The summed E-state index contributed by atoms with van der Waals surface area (Å²) in [5.41, 5.74) is 0.682. The van der Waals surface area contributed by atoms with Crippen LogP contribution in [-0.2, 0) is 4.74 Å². The number of anilines is 1. The summed E-state index contributed by atoms with van der Waals surface area (Å²) in [6, 6.07) is 3.74. The van der Waals surface area contributed by atoms with E-state index in [1.165, 1.54) is 6.33 Å². The number of hydrogen-bond donors (Lipinski definition) is 2. The molecule has 8 nitrogen and oxygen atoms in total. The first-order valence-corrected chi connectivity index (χ1v) is 9.65. The van der Waals surface area contributed by atoms with E-state index in [4.69, 9.17) is 9.47 Å². The van der Waals surface area contributed by atoms with E-state index in [-0.39, 0.29) is 17.7 Å². The smallest absolute Gasteiger partial charge is 0.410 e. The number of amides is 1. The Morgan fingerprint density at radius 1 is 1.32 bits per heavy atom. The summed E-state index contributed by atoms with van der Waals surface area (Å²) in [7, 11) is 0. The number of fused-ring (bicyclic) bond motifs is 1. The molecule has 0 aliphatic carbocycles. The summed E-state index contributed by atoms with van der Waals surface area (Å²) < 4.78 is 11.2. The third kappa shape index (κ3) is 4.74. The van der Waals surface area contributed by atoms with Crippen molar-refractivity contribution in [2.75, 3.05) is 25.0 Å². The Hall–Kier alpha value is -2.77. The van der Waals surface area contributed by atoms with Crippen LogP contribution in [0.15, 0.2) is 23.3 Å². The number of ether oxygens (including phenoxy) is 2. The van der Waals surface area contributed by atoms with Crippen molar-refractivity contribution in [2.45, 2.75) is 52.2 Å². The van der Waals surface area contributed by atoms with E-state index >= 15 is 0 Å². The minimum Gasteiger partial charge on any atom is -0.492 e. The summed E-state index contributed by atoms with van der Waals surface area (Å²) >= 11 is 0. The highest BCUT2D eigenvalue weighted by Gasteiger charge is 2.27. The van der Waals surface area contributed by atoms with Gasteiger partial charge in [0.25, 0.3) is 5.56 Å². The number of likely N-dealkylation sites (tertiary alicyclic amines) is 1. The van der Waals surface area contributed by atoms with Crippen LogP contribution >= 0.6 is 0 Å². The van der Waals surface area contributed by atoms with Gasteiger partial charge in [0.1, 0.15) is 11.4 Å². The molecule has 2 heterocycles. The fourth-order valence-electron chi connectivity index (χ4n) is 3.24. The molecule has 1 aromatic carbocycles. The van der Waals surface area contributed by atoms with Crippen molar-refractivity contribution in [2.24, 2.45) is 0 Å². The Balaban J connectivity index is 1.71. The van der Waals surface area contributed by atoms with Crippen LogP contribution in [0.3, 0.4) is 0 Å². The summed E-state index contributed by atoms with van der Waals surface area (Å²) in [5.74, 6) is 0.669. The van der Waals surface area contributed by atoms with E-state index in [9.17, 15) is 9.59 Å². The first kappa shape index (κ1) is 20.0. The molecule has 1 aliphatic heterocycles. The average molecular weight is 388 g/mol. The Labute approximate surface area is 164 Å². The van der Waals surface area contributed by atoms with Gasteiger partial charge in [-0.1, -0.05) is 0 Å². The van der Waals surface area contributed by atoms with Gasteiger partial charge in [0, 0.05) is 25.2 Å². The molecule has 2 N–H and O–H groups in total. The van der Waals surface area contributed by atoms with Gasteiger partial charge in [-0.05, 0) is 46.6 Å². The molecule has 1 aromatic heterocycles. The SMILES string of the molecule is CCOc1cc2nc[nH]c(=O)c2cc1NC1CCN(C(=O)OC(C)(C)C)CC1. The fourth-order valence-corrected chi connectivity index (χ4v) is 3.24. The molecule has 28 heavy (non-hydrogen) atoms. The molecule has 0 bridgehead atoms. The third-order valence-corrected chi connectivity index (χ3v) is 4.55. The van der Waals surface area contributed by atoms with Gasteiger partial charge in [0.05, 0.1) is 29.5 Å². The number of nitrogens with zero attached hydrogens (tertiary/aromatic N) is 2. The molecule has 3 rings (SSSR count). The molecule has 0 unspecified atom stereocenters. The van der Waals surface area contributed by atoms with Gasteiger partial charge in [-0.2, -0.15) is 0 Å². The van der Waals surface area contributed by atoms with Crippen LogP contribution in [0.5, 0.6) is 5.75 Å². The number of aromatic nitrogens is 2. The molecule has 2 aromatic rings. The van der Waals surface area contributed by atoms with Gasteiger partial charge in [-0.3, -0.25) is 4.79 Å². The van der Waals surface area contributed by atoms with Gasteiger partial charge >= 0.3 is 6.09 Å². The minimum atomic E-state index is -0.495. The van der Waals surface area contributed by atoms with Crippen LogP contribution in [-0.4, -0.2) is 52.3 Å². The lowest BCUT2D eigenvalue weighted by atomic mass is 10.0. The summed E-state index contributed by atoms with van der Waals surface area (Å²) in [6.07, 6.45) is 2.68. The van der Waals surface area contributed by atoms with Crippen molar-refractivity contribution in [3.05, 3.63) is 28.8 Å². The Bertz CT molecular complexity index is 895. The first-order chi connectivity index (χ1) is 13.3. The Kier molecular flexibility index (Phi) is 5.76. The van der Waals surface area contributed by atoms with Gasteiger partial charge in [-0.15, -0.1) is 0 Å². The summed E-state index contributed by atoms with van der Waals surface area (Å²) in [4.78, 5) is 32.9. The maximum Gasteiger partial charge on any atom is 0.410 e. The van der Waals surface area contributed by atoms with Crippen LogP contribution in [0.1, 0.15) is 40.5 Å². The Morgan fingerprint density at radius 3 is 2.68 bits per heavy atom. The highest BCUT2D eigenvalue weighted by molar-refractivity contribution is 5.85. The zero-order valence-corrected chi connectivity index (χ0v) is 16.9. The van der Waals surface area contributed by atoms with Crippen molar-refractivity contribution in [1.29, 1.82) is 0 Å². The lowest BCUT2D eigenvalue weighted by Gasteiger charge is -2.34. The van der Waals surface area contributed by atoms with E-state index in [0.717, 1.165) is 18.5 Å². The molecular formula is C20H28N4O4. The fraction of sp³-hybridized carbons (Fsp3) is 0.550. The van der Waals surface area contributed by atoms with Crippen molar-refractivity contribution in [3.8, 4) is 5.75 Å². The number of hydrogen-bond acceptors (Lipinski definition) is 6. The summed E-state index contributed by atoms with van der Waals surface area (Å²) in [5, 5.41) is 3.99. The van der Waals surface area contributed by atoms with E-state index in [2.05, 4.69) is 15.3 Å². The summed E-state index contributed by atoms with van der Waals surface area (Å²) in [6.45, 7) is 9.26. The lowest BCUT2D eigenvalue weighted by Crippen LogP contribution is -2.44. The normalized spacial score (nSPS) is 15.5. The number of piperidine rings is 1. The van der Waals surface area contributed by atoms with Gasteiger partial charge in [0.15, 0.2) is 0 Å². The molecule has 1 amide bonds. The number of carbonyl (C=O) groups is 1. The predicted molar refractivity (Wildman–Crippen MR) is 108 cm³/mol. The van der Waals surface area contributed by atoms with Crippen LogP contribution in [0.2, 0.25) is 0 Å². The Morgan fingerprint density at radius 2 is 2.04 bits per heavy atom. The monoisotopic (exact) mass is 388 g/mol. The molecule has 8 heteroatoms. The number of benzene rings is 1. The highest BCUT2D eigenvalue weighted by atomic mass is 16.6. The van der Waals surface area contributed by atoms with E-state index in [0.29, 0.717) is 36.3 Å². The number of H-pyrrole nitrogens is 1. The second-order valence-electron chi connectivity index (χ2n) is 7.92. The van der Waals surface area contributed by atoms with Crippen molar-refractivity contribution >= 4 is 22.7 Å². The maximum absolute atomic E-state index is 12.2. The maximum atomic E-state index is 12.2. The highest BCUT2D eigenvalue weighted by Crippen LogP contribution is 2.30. The zero-order valence-electron chi connectivity index (χ0n) is 16.9. The minimum absolute atomic E-state index is 0.172. The number of carbonyl (C=O) groups excluding carboxylic acids is 1. The van der Waals surface area contributed by atoms with Gasteiger partial charge < -0.3 is 24.7 Å². The quantitative estimate of drug-likeness (QED) is 0.835. The first-order valence-electron chi connectivity index (χ1n) is 9.65. The standard InChI is InChI=1S/C20H28N4O4/c1-5-27-17-11-15-14(18(25)22-12-21-15)10-16(17)23-13-6-8-24(9-7-13)19(26)28-20(2,3)4/h10-13,23H,5-9H2,1-4H3,(H,21,22,25). The molecule has 0 saturated carbocycles. The molecular weight excluding hydrogens is 360 g/mol. The number of rotatable bonds is 4. The molecule has 0 atom stereocenters. The molecule has 1 aliphatic rings. The van der Waals surface area contributed by atoms with Crippen LogP contribution < -0.4 is 15.6 Å². The van der Waals surface area contributed by atoms with E-state index in [1.54, 1.807) is 17.0 Å². The van der Waals surface area contributed by atoms with Gasteiger partial charge in [0.2, 0.25) is 0 Å². The van der Waals surface area contributed by atoms with Crippen molar-refractivity contribution < 1.29 is 14.3 Å². The molecule has 1 fully saturated rings. The predicted octanol–water partition coefficient (Wildman–Crippen LogP) is 3.13. The number of aromatic amines is 1. The number of nitrogens with one attached hydrogen (secondary N) is 2. The molecule has 0 spiro atoms. The second kappa shape index (κ2) is 8.08. The molecule has 1 saturated heterocycles. The van der Waals surface area contributed by atoms with E-state index in [1.807, 2.05) is 27.7 Å². The topological polar surface area (TPSA) is 96.5 Å². The van der Waals surface area contributed by atoms with Gasteiger partial charge in [-0.25, -0.2) is 9.78 Å². The molecule has 0 radical (unpaired) electrons. The van der Waals surface area contributed by atoms with E-state index < -0.39 is 5.60 Å². The van der Waals surface area contributed by atoms with Crippen molar-refractivity contribution in [1.82, 2.24) is 14.9 Å². The lowest BCUT2D eigenvalue weighted by molar-refractivity contribution is 0.0210. The largest absolute Gasteiger partial charge is 0.492 e. The zero-order chi connectivity index (χ0) is 20.3. The van der Waals surface area contributed by atoms with Crippen LogP contribution in [0.25, 0.3) is 10.9 Å². The van der Waals surface area contributed by atoms with Crippen LogP contribution in [0, 0.1) is 0 Å². The molecule has 152 valence electrons. The van der Waals surface area contributed by atoms with Crippen LogP contribution in [0.4, 0.5) is 10.5 Å². The second-order valence-corrected chi connectivity index (χ2v) is 7.92. The third-order valence-electron chi connectivity index (χ3n) is 4.55. The average Bonchev–Trinajstić information content (AvgIpc) is 2.62. The van der Waals surface area contributed by atoms with Crippen molar-refractivity contribution in [3.63, 3.8) is 0 Å².